The molecule has 3 heterocycles. The van der Waals surface area contributed by atoms with E-state index in [0.29, 0.717) is 6.04 Å². The van der Waals surface area contributed by atoms with Gasteiger partial charge in [0.05, 0.1) is 17.9 Å². The van der Waals surface area contributed by atoms with E-state index in [1.165, 1.54) is 11.7 Å². The molecule has 2 aromatic rings. The monoisotopic (exact) mass is 262 g/mol. The second kappa shape index (κ2) is 5.26. The molecule has 3 rings (SSSR count). The molecule has 0 spiro atoms. The summed E-state index contributed by atoms with van der Waals surface area (Å²) < 4.78 is 8.30. The molecule has 1 fully saturated rings. The third kappa shape index (κ3) is 2.56. The van der Waals surface area contributed by atoms with Crippen LogP contribution in [-0.2, 0) is 0 Å². The van der Waals surface area contributed by atoms with Gasteiger partial charge in [-0.25, -0.2) is 9.97 Å². The predicted molar refractivity (Wildman–Crippen MR) is 70.8 cm³/mol. The van der Waals surface area contributed by atoms with Gasteiger partial charge in [0.25, 0.3) is 0 Å². The van der Waals surface area contributed by atoms with E-state index in [1.807, 2.05) is 12.3 Å². The van der Waals surface area contributed by atoms with Gasteiger partial charge >= 0.3 is 0 Å². The van der Waals surface area contributed by atoms with Crippen molar-refractivity contribution in [1.29, 1.82) is 0 Å². The summed E-state index contributed by atoms with van der Waals surface area (Å²) in [7, 11) is 0. The Balaban J connectivity index is 1.54. The summed E-state index contributed by atoms with van der Waals surface area (Å²) in [5, 5.41) is 3.44. The maximum atomic E-state index is 4.26. The van der Waals surface area contributed by atoms with Crippen molar-refractivity contribution >= 4 is 23.4 Å². The van der Waals surface area contributed by atoms with Gasteiger partial charge in [0.15, 0.2) is 5.82 Å². The highest BCUT2D eigenvalue weighted by atomic mass is 32.1. The van der Waals surface area contributed by atoms with Gasteiger partial charge in [-0.15, -0.1) is 0 Å². The maximum absolute atomic E-state index is 4.26. The molecule has 0 radical (unpaired) electrons. The fraction of sp³-hybridized carbons (Fsp3) is 0.455. The third-order valence-corrected chi connectivity index (χ3v) is 3.57. The minimum absolute atomic E-state index is 0.475. The summed E-state index contributed by atoms with van der Waals surface area (Å²) in [5.74, 6) is 1.90. The lowest BCUT2D eigenvalue weighted by atomic mass is 10.1. The number of nitrogens with one attached hydrogen (secondary N) is 1. The minimum Gasteiger partial charge on any atom is -0.367 e. The molecule has 6 nitrogen and oxygen atoms in total. The van der Waals surface area contributed by atoms with Gasteiger partial charge < -0.3 is 10.2 Å². The van der Waals surface area contributed by atoms with Crippen LogP contribution < -0.4 is 10.2 Å². The lowest BCUT2D eigenvalue weighted by Crippen LogP contribution is -2.39. The van der Waals surface area contributed by atoms with Crippen molar-refractivity contribution in [2.45, 2.75) is 18.9 Å². The van der Waals surface area contributed by atoms with Crippen LogP contribution in [0.2, 0.25) is 0 Å². The molecule has 94 valence electrons. The second-order valence-corrected chi connectivity index (χ2v) is 4.82. The normalized spacial score (nSPS) is 16.8. The summed E-state index contributed by atoms with van der Waals surface area (Å²) >= 11 is 1.26. The molecule has 0 aromatic carbocycles. The van der Waals surface area contributed by atoms with E-state index in [4.69, 9.17) is 0 Å². The minimum atomic E-state index is 0.475. The van der Waals surface area contributed by atoms with Crippen molar-refractivity contribution in [3.63, 3.8) is 0 Å². The van der Waals surface area contributed by atoms with Gasteiger partial charge in [-0.05, 0) is 18.9 Å². The standard InChI is InChI=1S/C11H14N6S/c1-4-12-8-13-10(1)15-9-2-5-17(6-3-9)11-7-14-18-16-11/h1,4,7-9H,2-3,5-6H2,(H,12,13,15). The molecule has 0 bridgehead atoms. The van der Waals surface area contributed by atoms with Crippen LogP contribution in [-0.4, -0.2) is 37.8 Å². The fourth-order valence-electron chi connectivity index (χ4n) is 2.14. The summed E-state index contributed by atoms with van der Waals surface area (Å²) in [4.78, 5) is 10.4. The van der Waals surface area contributed by atoms with Crippen LogP contribution in [0.25, 0.3) is 0 Å². The number of aromatic nitrogens is 4. The van der Waals surface area contributed by atoms with Gasteiger partial charge in [0.2, 0.25) is 0 Å². The van der Waals surface area contributed by atoms with Crippen molar-refractivity contribution in [2.75, 3.05) is 23.3 Å². The molecule has 0 atom stereocenters. The Morgan fingerprint density at radius 1 is 1.33 bits per heavy atom. The van der Waals surface area contributed by atoms with E-state index < -0.39 is 0 Å². The molecule has 0 saturated carbocycles. The Bertz CT molecular complexity index is 466. The van der Waals surface area contributed by atoms with Gasteiger partial charge in [-0.2, -0.15) is 8.75 Å². The van der Waals surface area contributed by atoms with E-state index in [1.54, 1.807) is 12.5 Å². The highest BCUT2D eigenvalue weighted by molar-refractivity contribution is 6.99. The molecule has 18 heavy (non-hydrogen) atoms. The lowest BCUT2D eigenvalue weighted by molar-refractivity contribution is 0.523. The number of nitrogens with zero attached hydrogens (tertiary/aromatic N) is 5. The van der Waals surface area contributed by atoms with Crippen LogP contribution in [0.4, 0.5) is 11.6 Å². The first-order valence-corrected chi connectivity index (χ1v) is 6.70. The second-order valence-electron chi connectivity index (χ2n) is 4.27. The number of hydrogen-bond acceptors (Lipinski definition) is 7. The summed E-state index contributed by atoms with van der Waals surface area (Å²) in [6, 6.07) is 2.37. The van der Waals surface area contributed by atoms with Crippen LogP contribution in [0.5, 0.6) is 0 Å². The summed E-state index contributed by atoms with van der Waals surface area (Å²) in [6.45, 7) is 2.02. The molecule has 1 aliphatic heterocycles. The van der Waals surface area contributed by atoms with Gasteiger partial charge in [0.1, 0.15) is 12.1 Å². The van der Waals surface area contributed by atoms with E-state index in [9.17, 15) is 0 Å². The van der Waals surface area contributed by atoms with Crippen LogP contribution in [0.3, 0.4) is 0 Å². The molecule has 0 amide bonds. The lowest BCUT2D eigenvalue weighted by Gasteiger charge is -2.32. The van der Waals surface area contributed by atoms with Crippen molar-refractivity contribution in [3.05, 3.63) is 24.8 Å². The number of hydrogen-bond donors (Lipinski definition) is 1. The first-order chi connectivity index (χ1) is 8.92. The Labute approximate surface area is 109 Å². The summed E-state index contributed by atoms with van der Waals surface area (Å²) in [5.41, 5.74) is 0. The molecule has 1 saturated heterocycles. The van der Waals surface area contributed by atoms with E-state index in [-0.39, 0.29) is 0 Å². The van der Waals surface area contributed by atoms with Crippen molar-refractivity contribution < 1.29 is 0 Å². The maximum Gasteiger partial charge on any atom is 0.162 e. The molecule has 2 aromatic heterocycles. The quantitative estimate of drug-likeness (QED) is 0.902. The van der Waals surface area contributed by atoms with Gasteiger partial charge in [-0.1, -0.05) is 0 Å². The highest BCUT2D eigenvalue weighted by Crippen LogP contribution is 2.19. The van der Waals surface area contributed by atoms with Gasteiger partial charge in [-0.3, -0.25) is 0 Å². The topological polar surface area (TPSA) is 66.8 Å². The largest absolute Gasteiger partial charge is 0.367 e. The van der Waals surface area contributed by atoms with Crippen LogP contribution >= 0.6 is 11.7 Å². The Morgan fingerprint density at radius 3 is 2.89 bits per heavy atom. The highest BCUT2D eigenvalue weighted by Gasteiger charge is 2.20. The number of anilines is 2. The molecular formula is C11H14N6S. The molecule has 1 aliphatic rings. The Morgan fingerprint density at radius 2 is 2.22 bits per heavy atom. The fourth-order valence-corrected chi connectivity index (χ4v) is 2.57. The molecular weight excluding hydrogens is 248 g/mol. The molecule has 7 heteroatoms. The van der Waals surface area contributed by atoms with Crippen molar-refractivity contribution in [3.8, 4) is 0 Å². The zero-order valence-corrected chi connectivity index (χ0v) is 10.7. The molecule has 0 unspecified atom stereocenters. The Hall–Kier alpha value is -1.76. The first kappa shape index (κ1) is 11.3. The first-order valence-electron chi connectivity index (χ1n) is 5.97. The molecule has 0 aliphatic carbocycles. The van der Waals surface area contributed by atoms with E-state index >= 15 is 0 Å². The van der Waals surface area contributed by atoms with E-state index in [2.05, 4.69) is 28.9 Å². The third-order valence-electron chi connectivity index (χ3n) is 3.10. The van der Waals surface area contributed by atoms with Crippen LogP contribution in [0, 0.1) is 0 Å². The molecule has 1 N–H and O–H groups in total. The van der Waals surface area contributed by atoms with E-state index in [0.717, 1.165) is 37.6 Å². The SMILES string of the molecule is c1cc(NC2CCN(c3cnsn3)CC2)ncn1. The zero-order valence-electron chi connectivity index (χ0n) is 9.86. The summed E-state index contributed by atoms with van der Waals surface area (Å²) in [6.07, 6.45) is 7.33. The number of rotatable bonds is 3. The Kier molecular flexibility index (Phi) is 3.31. The van der Waals surface area contributed by atoms with Crippen LogP contribution in [0.1, 0.15) is 12.8 Å². The smallest absolute Gasteiger partial charge is 0.162 e. The van der Waals surface area contributed by atoms with Crippen molar-refractivity contribution in [1.82, 2.24) is 18.7 Å². The van der Waals surface area contributed by atoms with Crippen molar-refractivity contribution in [2.24, 2.45) is 0 Å². The number of piperidine rings is 1. The average molecular weight is 262 g/mol. The van der Waals surface area contributed by atoms with Gasteiger partial charge in [0, 0.05) is 25.3 Å². The average Bonchev–Trinajstić information content (AvgIpc) is 2.95. The van der Waals surface area contributed by atoms with Crippen LogP contribution in [0.15, 0.2) is 24.8 Å². The zero-order chi connectivity index (χ0) is 12.2. The predicted octanol–water partition coefficient (Wildman–Crippen LogP) is 1.41.